The molecule has 1 aromatic carbocycles. The highest BCUT2D eigenvalue weighted by molar-refractivity contribution is 5.89. The highest BCUT2D eigenvalue weighted by atomic mass is 16.2. The second-order valence-electron chi connectivity index (χ2n) is 4.43. The average molecular weight is 249 g/mol. The van der Waals surface area contributed by atoms with E-state index in [1.807, 2.05) is 36.1 Å². The minimum atomic E-state index is -0.0471. The van der Waals surface area contributed by atoms with Crippen LogP contribution in [-0.2, 0) is 0 Å². The molecular weight excluding hydrogens is 226 g/mol. The van der Waals surface area contributed by atoms with Crippen molar-refractivity contribution in [1.82, 2.24) is 4.90 Å². The van der Waals surface area contributed by atoms with Gasteiger partial charge >= 0.3 is 6.03 Å². The zero-order valence-corrected chi connectivity index (χ0v) is 11.3. The van der Waals surface area contributed by atoms with Crippen LogP contribution in [0.3, 0.4) is 0 Å². The van der Waals surface area contributed by atoms with Crippen LogP contribution < -0.4 is 11.1 Å². The molecule has 1 aromatic rings. The topological polar surface area (TPSA) is 58.4 Å². The molecule has 1 rings (SSSR count). The third-order valence-electron chi connectivity index (χ3n) is 2.72. The van der Waals surface area contributed by atoms with Gasteiger partial charge in [0.05, 0.1) is 0 Å². The van der Waals surface area contributed by atoms with Gasteiger partial charge in [0.25, 0.3) is 0 Å². The van der Waals surface area contributed by atoms with E-state index >= 15 is 0 Å². The molecule has 0 unspecified atom stereocenters. The van der Waals surface area contributed by atoms with Gasteiger partial charge in [-0.05, 0) is 38.4 Å². The Morgan fingerprint density at radius 3 is 2.50 bits per heavy atom. The first-order chi connectivity index (χ1) is 8.67. The summed E-state index contributed by atoms with van der Waals surface area (Å²) in [5.41, 5.74) is 7.50. The highest BCUT2D eigenvalue weighted by Gasteiger charge is 2.11. The number of rotatable bonds is 6. The Morgan fingerprint density at radius 2 is 1.94 bits per heavy atom. The Balaban J connectivity index is 2.57. The van der Waals surface area contributed by atoms with Crippen molar-refractivity contribution in [3.63, 3.8) is 0 Å². The summed E-state index contributed by atoms with van der Waals surface area (Å²) < 4.78 is 0. The molecule has 0 aliphatic carbocycles. The number of urea groups is 1. The Labute approximate surface area is 109 Å². The van der Waals surface area contributed by atoms with Crippen LogP contribution in [0.25, 0.3) is 0 Å². The normalized spacial score (nSPS) is 10.2. The van der Waals surface area contributed by atoms with Crippen LogP contribution in [0.4, 0.5) is 10.5 Å². The largest absolute Gasteiger partial charge is 0.330 e. The lowest BCUT2D eigenvalue weighted by atomic mass is 10.2. The number of amides is 2. The van der Waals surface area contributed by atoms with Crippen LogP contribution in [0.15, 0.2) is 24.3 Å². The smallest absolute Gasteiger partial charge is 0.321 e. The van der Waals surface area contributed by atoms with Gasteiger partial charge in [0.1, 0.15) is 0 Å². The molecule has 18 heavy (non-hydrogen) atoms. The van der Waals surface area contributed by atoms with E-state index in [-0.39, 0.29) is 6.03 Å². The number of carbonyl (C=O) groups excluding carboxylic acids is 1. The molecule has 4 heteroatoms. The molecule has 4 nitrogen and oxygen atoms in total. The van der Waals surface area contributed by atoms with E-state index in [4.69, 9.17) is 5.73 Å². The maximum Gasteiger partial charge on any atom is 0.321 e. The van der Waals surface area contributed by atoms with E-state index in [0.717, 1.165) is 25.1 Å². The first-order valence-electron chi connectivity index (χ1n) is 6.50. The van der Waals surface area contributed by atoms with Gasteiger partial charge in [-0.1, -0.05) is 24.6 Å². The van der Waals surface area contributed by atoms with Gasteiger partial charge in [0.2, 0.25) is 0 Å². The number of nitrogens with zero attached hydrogens (tertiary/aromatic N) is 1. The summed E-state index contributed by atoms with van der Waals surface area (Å²) in [5.74, 6) is 0. The first kappa shape index (κ1) is 14.5. The predicted molar refractivity (Wildman–Crippen MR) is 75.7 cm³/mol. The fourth-order valence-corrected chi connectivity index (χ4v) is 1.71. The van der Waals surface area contributed by atoms with Crippen molar-refractivity contribution in [2.45, 2.75) is 26.7 Å². The number of hydrogen-bond acceptors (Lipinski definition) is 2. The van der Waals surface area contributed by atoms with E-state index in [1.54, 1.807) is 0 Å². The Kier molecular flexibility index (Phi) is 6.22. The fraction of sp³-hybridized carbons (Fsp3) is 0.500. The van der Waals surface area contributed by atoms with Crippen LogP contribution >= 0.6 is 0 Å². The number of nitrogens with two attached hydrogens (primary N) is 1. The molecule has 0 atom stereocenters. The minimum Gasteiger partial charge on any atom is -0.330 e. The lowest BCUT2D eigenvalue weighted by molar-refractivity contribution is 0.211. The van der Waals surface area contributed by atoms with Crippen LogP contribution in [0, 0.1) is 6.92 Å². The molecule has 0 heterocycles. The second-order valence-corrected chi connectivity index (χ2v) is 4.43. The summed E-state index contributed by atoms with van der Waals surface area (Å²) in [6.45, 7) is 6.17. The van der Waals surface area contributed by atoms with Gasteiger partial charge in [-0.2, -0.15) is 0 Å². The molecule has 0 fully saturated rings. The predicted octanol–water partition coefficient (Wildman–Crippen LogP) is 2.59. The highest BCUT2D eigenvalue weighted by Crippen LogP contribution is 2.10. The van der Waals surface area contributed by atoms with Crippen LogP contribution in [0.2, 0.25) is 0 Å². The van der Waals surface area contributed by atoms with Crippen molar-refractivity contribution in [2.75, 3.05) is 25.0 Å². The van der Waals surface area contributed by atoms with Gasteiger partial charge in [-0.25, -0.2) is 4.79 Å². The number of anilines is 1. The van der Waals surface area contributed by atoms with Gasteiger partial charge in [0.15, 0.2) is 0 Å². The Morgan fingerprint density at radius 1 is 1.28 bits per heavy atom. The molecule has 0 saturated heterocycles. The SMILES string of the molecule is CCCN(CCCN)C(=O)Nc1ccc(C)cc1. The summed E-state index contributed by atoms with van der Waals surface area (Å²) in [6, 6.07) is 7.76. The van der Waals surface area contributed by atoms with Gasteiger partial charge < -0.3 is 16.0 Å². The van der Waals surface area contributed by atoms with Crippen molar-refractivity contribution in [3.05, 3.63) is 29.8 Å². The standard InChI is InChI=1S/C14H23N3O/c1-3-10-17(11-4-9-15)14(18)16-13-7-5-12(2)6-8-13/h5-8H,3-4,9-11,15H2,1-2H3,(H,16,18). The fourth-order valence-electron chi connectivity index (χ4n) is 1.71. The van der Waals surface area contributed by atoms with Crippen molar-refractivity contribution >= 4 is 11.7 Å². The van der Waals surface area contributed by atoms with Crippen molar-refractivity contribution in [3.8, 4) is 0 Å². The summed E-state index contributed by atoms with van der Waals surface area (Å²) in [7, 11) is 0. The third kappa shape index (κ3) is 4.75. The molecule has 2 amide bonds. The molecule has 0 aliphatic heterocycles. The number of benzene rings is 1. The molecule has 0 aliphatic rings. The van der Waals surface area contributed by atoms with Crippen molar-refractivity contribution < 1.29 is 4.79 Å². The minimum absolute atomic E-state index is 0.0471. The second kappa shape index (κ2) is 7.71. The Hall–Kier alpha value is -1.55. The van der Waals surface area contributed by atoms with E-state index < -0.39 is 0 Å². The van der Waals surface area contributed by atoms with Crippen LogP contribution in [-0.4, -0.2) is 30.6 Å². The lowest BCUT2D eigenvalue weighted by Gasteiger charge is -2.22. The summed E-state index contributed by atoms with van der Waals surface area (Å²) in [6.07, 6.45) is 1.78. The number of nitrogens with one attached hydrogen (secondary N) is 1. The van der Waals surface area contributed by atoms with E-state index in [0.29, 0.717) is 13.1 Å². The number of aryl methyl sites for hydroxylation is 1. The third-order valence-corrected chi connectivity index (χ3v) is 2.72. The van der Waals surface area contributed by atoms with E-state index in [2.05, 4.69) is 12.2 Å². The Bertz CT molecular complexity index is 362. The van der Waals surface area contributed by atoms with Gasteiger partial charge in [-0.3, -0.25) is 0 Å². The molecule has 3 N–H and O–H groups in total. The van der Waals surface area contributed by atoms with Gasteiger partial charge in [0, 0.05) is 18.8 Å². The zero-order chi connectivity index (χ0) is 13.4. The summed E-state index contributed by atoms with van der Waals surface area (Å²) in [5, 5.41) is 2.91. The number of carbonyl (C=O) groups is 1. The van der Waals surface area contributed by atoms with E-state index in [1.165, 1.54) is 5.56 Å². The van der Waals surface area contributed by atoms with E-state index in [9.17, 15) is 4.79 Å². The molecule has 0 bridgehead atoms. The first-order valence-corrected chi connectivity index (χ1v) is 6.50. The molecular formula is C14H23N3O. The number of hydrogen-bond donors (Lipinski definition) is 2. The summed E-state index contributed by atoms with van der Waals surface area (Å²) in [4.78, 5) is 13.9. The van der Waals surface area contributed by atoms with Crippen LogP contribution in [0.1, 0.15) is 25.3 Å². The van der Waals surface area contributed by atoms with Crippen molar-refractivity contribution in [2.24, 2.45) is 5.73 Å². The summed E-state index contributed by atoms with van der Waals surface area (Å²) >= 11 is 0. The molecule has 100 valence electrons. The van der Waals surface area contributed by atoms with Gasteiger partial charge in [-0.15, -0.1) is 0 Å². The molecule has 0 spiro atoms. The van der Waals surface area contributed by atoms with Crippen LogP contribution in [0.5, 0.6) is 0 Å². The molecule has 0 aromatic heterocycles. The lowest BCUT2D eigenvalue weighted by Crippen LogP contribution is -2.37. The quantitative estimate of drug-likeness (QED) is 0.814. The maximum absolute atomic E-state index is 12.1. The maximum atomic E-state index is 12.1. The zero-order valence-electron chi connectivity index (χ0n) is 11.3. The monoisotopic (exact) mass is 249 g/mol. The molecule has 0 radical (unpaired) electrons. The molecule has 0 saturated carbocycles. The van der Waals surface area contributed by atoms with Crippen molar-refractivity contribution in [1.29, 1.82) is 0 Å². The average Bonchev–Trinajstić information content (AvgIpc) is 2.37.